The molecule has 2 amide bonds. The van der Waals surface area contributed by atoms with E-state index in [1.807, 2.05) is 32.0 Å². The molecule has 32 heavy (non-hydrogen) atoms. The average Bonchev–Trinajstić information content (AvgIpc) is 3.35. The minimum Gasteiger partial charge on any atom is -0.467 e. The number of rotatable bonds is 6. The molecule has 0 fully saturated rings. The van der Waals surface area contributed by atoms with Crippen molar-refractivity contribution in [3.63, 3.8) is 0 Å². The van der Waals surface area contributed by atoms with E-state index in [4.69, 9.17) is 4.42 Å². The Balaban J connectivity index is 1.65. The molecule has 0 saturated heterocycles. The molecule has 7 heteroatoms. The topological polar surface area (TPSA) is 84.5 Å². The molecule has 3 aromatic rings. The van der Waals surface area contributed by atoms with Crippen LogP contribution in [0.3, 0.4) is 0 Å². The number of fused-ring (bicyclic) bond motifs is 1. The van der Waals surface area contributed by atoms with Crippen LogP contribution in [0.4, 0.5) is 0 Å². The van der Waals surface area contributed by atoms with E-state index in [2.05, 4.69) is 11.4 Å². The number of hydrogen-bond acceptors (Lipinski definition) is 4. The number of aromatic nitrogens is 1. The van der Waals surface area contributed by atoms with E-state index < -0.39 is 11.3 Å². The van der Waals surface area contributed by atoms with Crippen molar-refractivity contribution in [3.8, 4) is 0 Å². The number of nitrogens with one attached hydrogen (secondary N) is 1. The van der Waals surface area contributed by atoms with Crippen molar-refractivity contribution >= 4 is 11.8 Å². The lowest BCUT2D eigenvalue weighted by Gasteiger charge is -2.29. The number of carbonyl (C=O) groups excluding carboxylic acids is 2. The van der Waals surface area contributed by atoms with Gasteiger partial charge in [-0.3, -0.25) is 14.4 Å². The van der Waals surface area contributed by atoms with Crippen LogP contribution in [0.25, 0.3) is 0 Å². The molecule has 0 saturated carbocycles. The van der Waals surface area contributed by atoms with Gasteiger partial charge in [-0.25, -0.2) is 0 Å². The first-order chi connectivity index (χ1) is 15.5. The number of nitrogens with zero attached hydrogens (tertiary/aromatic N) is 2. The molecule has 1 atom stereocenters. The summed E-state index contributed by atoms with van der Waals surface area (Å²) in [4.78, 5) is 41.1. The summed E-state index contributed by atoms with van der Waals surface area (Å²) < 4.78 is 7.03. The summed E-state index contributed by atoms with van der Waals surface area (Å²) in [5.74, 6) is -0.288. The van der Waals surface area contributed by atoms with E-state index >= 15 is 0 Å². The van der Waals surface area contributed by atoms with Gasteiger partial charge in [0.05, 0.1) is 12.8 Å². The molecular formula is C25H27N3O4. The van der Waals surface area contributed by atoms with Gasteiger partial charge in [-0.1, -0.05) is 31.2 Å². The predicted molar refractivity (Wildman–Crippen MR) is 120 cm³/mol. The first-order valence-corrected chi connectivity index (χ1v) is 10.9. The summed E-state index contributed by atoms with van der Waals surface area (Å²) in [7, 11) is 0. The number of amides is 2. The number of carbonyl (C=O) groups is 2. The summed E-state index contributed by atoms with van der Waals surface area (Å²) in [6.45, 7) is 5.15. The molecule has 3 heterocycles. The Hall–Kier alpha value is -3.61. The van der Waals surface area contributed by atoms with E-state index in [1.165, 1.54) is 18.0 Å². The molecule has 1 unspecified atom stereocenters. The lowest BCUT2D eigenvalue weighted by atomic mass is 9.99. The van der Waals surface area contributed by atoms with Crippen molar-refractivity contribution < 1.29 is 14.0 Å². The highest BCUT2D eigenvalue weighted by Crippen LogP contribution is 2.20. The Morgan fingerprint density at radius 2 is 1.84 bits per heavy atom. The molecule has 2 aromatic heterocycles. The molecule has 0 radical (unpaired) electrons. The van der Waals surface area contributed by atoms with Crippen LogP contribution in [0, 0.1) is 0 Å². The number of furan rings is 1. The predicted octanol–water partition coefficient (Wildman–Crippen LogP) is 3.54. The highest BCUT2D eigenvalue weighted by atomic mass is 16.3. The van der Waals surface area contributed by atoms with Crippen LogP contribution in [0.2, 0.25) is 0 Å². The second-order valence-corrected chi connectivity index (χ2v) is 8.13. The second-order valence-electron chi connectivity index (χ2n) is 8.13. The van der Waals surface area contributed by atoms with E-state index in [9.17, 15) is 14.4 Å². The smallest absolute Gasteiger partial charge is 0.259 e. The Morgan fingerprint density at radius 1 is 1.09 bits per heavy atom. The Kier molecular flexibility index (Phi) is 6.25. The third-order valence-electron chi connectivity index (χ3n) is 6.04. The van der Waals surface area contributed by atoms with Crippen molar-refractivity contribution in [2.45, 2.75) is 45.8 Å². The van der Waals surface area contributed by atoms with Crippen molar-refractivity contribution in [2.24, 2.45) is 0 Å². The zero-order valence-corrected chi connectivity index (χ0v) is 18.3. The monoisotopic (exact) mass is 433 g/mol. The van der Waals surface area contributed by atoms with Crippen LogP contribution in [-0.2, 0) is 19.5 Å². The molecule has 4 rings (SSSR count). The summed E-state index contributed by atoms with van der Waals surface area (Å²) in [6.07, 6.45) is 6.18. The fraction of sp³-hybridized carbons (Fsp3) is 0.320. The third kappa shape index (κ3) is 4.37. The molecule has 7 nitrogen and oxygen atoms in total. The van der Waals surface area contributed by atoms with Crippen molar-refractivity contribution in [2.75, 3.05) is 6.54 Å². The highest BCUT2D eigenvalue weighted by molar-refractivity contribution is 5.99. The molecule has 0 spiro atoms. The van der Waals surface area contributed by atoms with Crippen molar-refractivity contribution in [1.82, 2.24) is 14.8 Å². The third-order valence-corrected chi connectivity index (χ3v) is 6.04. The van der Waals surface area contributed by atoms with Crippen molar-refractivity contribution in [1.29, 1.82) is 0 Å². The fourth-order valence-corrected chi connectivity index (χ4v) is 3.89. The average molecular weight is 434 g/mol. The van der Waals surface area contributed by atoms with Crippen LogP contribution < -0.4 is 10.7 Å². The summed E-state index contributed by atoms with van der Waals surface area (Å²) >= 11 is 0. The van der Waals surface area contributed by atoms with Gasteiger partial charge in [0.15, 0.2) is 0 Å². The van der Waals surface area contributed by atoms with Gasteiger partial charge < -0.3 is 19.2 Å². The first-order valence-electron chi connectivity index (χ1n) is 10.9. The van der Waals surface area contributed by atoms with Crippen LogP contribution in [0.5, 0.6) is 0 Å². The molecule has 166 valence electrons. The van der Waals surface area contributed by atoms with E-state index in [1.54, 1.807) is 27.8 Å². The largest absolute Gasteiger partial charge is 0.467 e. The zero-order chi connectivity index (χ0) is 22.7. The van der Waals surface area contributed by atoms with Crippen molar-refractivity contribution in [3.05, 3.63) is 93.3 Å². The van der Waals surface area contributed by atoms with Crippen LogP contribution >= 0.6 is 0 Å². The van der Waals surface area contributed by atoms with Gasteiger partial charge in [-0.05, 0) is 43.0 Å². The SMILES string of the molecule is CCC(C)n1cc(C(=O)NCc2ccco2)c(=O)c(C(=O)N2CCc3ccccc3C2)c1. The molecule has 1 aliphatic rings. The number of hydrogen-bond donors (Lipinski definition) is 1. The molecule has 0 aliphatic carbocycles. The minimum absolute atomic E-state index is 0.0235. The molecule has 1 N–H and O–H groups in total. The second kappa shape index (κ2) is 9.26. The molecule has 0 bridgehead atoms. The normalized spacial score (nSPS) is 14.0. The summed E-state index contributed by atoms with van der Waals surface area (Å²) in [6, 6.07) is 11.5. The van der Waals surface area contributed by atoms with E-state index in [-0.39, 0.29) is 29.6 Å². The van der Waals surface area contributed by atoms with Gasteiger partial charge in [0.25, 0.3) is 11.8 Å². The zero-order valence-electron chi connectivity index (χ0n) is 18.3. The lowest BCUT2D eigenvalue weighted by molar-refractivity contribution is 0.0732. The Morgan fingerprint density at radius 3 is 2.56 bits per heavy atom. The van der Waals surface area contributed by atoms with Gasteiger partial charge in [0.2, 0.25) is 5.43 Å². The van der Waals surface area contributed by atoms with Gasteiger partial charge in [-0.15, -0.1) is 0 Å². The summed E-state index contributed by atoms with van der Waals surface area (Å²) in [5, 5.41) is 2.71. The number of pyridine rings is 1. The van der Waals surface area contributed by atoms with E-state index in [0.717, 1.165) is 18.4 Å². The van der Waals surface area contributed by atoms with Gasteiger partial charge in [-0.2, -0.15) is 0 Å². The Labute approximate surface area is 186 Å². The molecule has 1 aromatic carbocycles. The van der Waals surface area contributed by atoms with E-state index in [0.29, 0.717) is 18.8 Å². The van der Waals surface area contributed by atoms with Crippen LogP contribution in [-0.4, -0.2) is 27.8 Å². The Bertz CT molecular complexity index is 1180. The number of benzene rings is 1. The van der Waals surface area contributed by atoms with Crippen LogP contribution in [0.1, 0.15) is 63.9 Å². The minimum atomic E-state index is -0.551. The van der Waals surface area contributed by atoms with Gasteiger partial charge >= 0.3 is 0 Å². The fourth-order valence-electron chi connectivity index (χ4n) is 3.89. The quantitative estimate of drug-likeness (QED) is 0.644. The molecule has 1 aliphatic heterocycles. The first kappa shape index (κ1) is 21.6. The maximum absolute atomic E-state index is 13.4. The standard InChI is InChI=1S/C25H27N3O4/c1-3-17(2)28-15-21(24(30)26-13-20-9-6-12-32-20)23(29)22(16-28)25(31)27-11-10-18-7-4-5-8-19(18)14-27/h4-9,12,15-17H,3,10-11,13-14H2,1-2H3,(H,26,30). The van der Waals surface area contributed by atoms with Gasteiger partial charge in [0, 0.05) is 31.5 Å². The van der Waals surface area contributed by atoms with Crippen LogP contribution in [0.15, 0.2) is 64.3 Å². The maximum atomic E-state index is 13.4. The maximum Gasteiger partial charge on any atom is 0.259 e. The lowest BCUT2D eigenvalue weighted by Crippen LogP contribution is -2.40. The van der Waals surface area contributed by atoms with Gasteiger partial charge in [0.1, 0.15) is 16.9 Å². The summed E-state index contributed by atoms with van der Waals surface area (Å²) in [5.41, 5.74) is 1.74. The molecular weight excluding hydrogens is 406 g/mol. The highest BCUT2D eigenvalue weighted by Gasteiger charge is 2.26.